The SMILES string of the molecule is Cc1nc(CNC(=O)c2cc3cccc(N)c3[nH]2)no1. The van der Waals surface area contributed by atoms with Gasteiger partial charge in [0, 0.05) is 12.3 Å². The molecule has 20 heavy (non-hydrogen) atoms. The fraction of sp³-hybridized carbons (Fsp3) is 0.154. The fourth-order valence-electron chi connectivity index (χ4n) is 1.97. The molecule has 7 heteroatoms. The Morgan fingerprint density at radius 1 is 1.50 bits per heavy atom. The highest BCUT2D eigenvalue weighted by atomic mass is 16.5. The summed E-state index contributed by atoms with van der Waals surface area (Å²) in [7, 11) is 0. The zero-order valence-electron chi connectivity index (χ0n) is 10.8. The number of carbonyl (C=O) groups is 1. The fourth-order valence-corrected chi connectivity index (χ4v) is 1.97. The minimum atomic E-state index is -0.247. The van der Waals surface area contributed by atoms with Gasteiger partial charge in [0.2, 0.25) is 5.89 Å². The predicted octanol–water partition coefficient (Wildman–Crippen LogP) is 1.37. The monoisotopic (exact) mass is 271 g/mol. The summed E-state index contributed by atoms with van der Waals surface area (Å²) in [5.41, 5.74) is 7.65. The standard InChI is InChI=1S/C13H13N5O2/c1-7-16-11(18-20-7)6-15-13(19)10-5-8-3-2-4-9(14)12(8)17-10/h2-5,17H,6,14H2,1H3,(H,15,19). The summed E-state index contributed by atoms with van der Waals surface area (Å²) in [5, 5.41) is 7.31. The largest absolute Gasteiger partial charge is 0.397 e. The Labute approximate surface area is 114 Å². The number of amides is 1. The number of rotatable bonds is 3. The summed E-state index contributed by atoms with van der Waals surface area (Å²) >= 11 is 0. The van der Waals surface area contributed by atoms with E-state index < -0.39 is 0 Å². The van der Waals surface area contributed by atoms with Crippen LogP contribution < -0.4 is 11.1 Å². The highest BCUT2D eigenvalue weighted by molar-refractivity contribution is 6.00. The van der Waals surface area contributed by atoms with Crippen LogP contribution in [0, 0.1) is 6.92 Å². The van der Waals surface area contributed by atoms with Gasteiger partial charge in [-0.25, -0.2) is 0 Å². The van der Waals surface area contributed by atoms with E-state index in [9.17, 15) is 4.79 Å². The Bertz CT molecular complexity index is 774. The lowest BCUT2D eigenvalue weighted by Crippen LogP contribution is -2.23. The molecule has 3 rings (SSSR count). The molecular formula is C13H13N5O2. The van der Waals surface area contributed by atoms with Crippen LogP contribution in [0.25, 0.3) is 10.9 Å². The first-order valence-electron chi connectivity index (χ1n) is 6.08. The summed E-state index contributed by atoms with van der Waals surface area (Å²) in [6, 6.07) is 7.27. The number of nitrogens with two attached hydrogens (primary N) is 1. The third-order valence-corrected chi connectivity index (χ3v) is 2.91. The average Bonchev–Trinajstić information content (AvgIpc) is 3.03. The quantitative estimate of drug-likeness (QED) is 0.623. The van der Waals surface area contributed by atoms with E-state index in [1.807, 2.05) is 12.1 Å². The molecule has 0 aliphatic heterocycles. The van der Waals surface area contributed by atoms with Crippen LogP contribution in [-0.4, -0.2) is 21.0 Å². The summed E-state index contributed by atoms with van der Waals surface area (Å²) in [4.78, 5) is 19.1. The van der Waals surface area contributed by atoms with Gasteiger partial charge in [-0.15, -0.1) is 0 Å². The van der Waals surface area contributed by atoms with E-state index >= 15 is 0 Å². The van der Waals surface area contributed by atoms with Gasteiger partial charge in [0.25, 0.3) is 5.91 Å². The molecule has 0 spiro atoms. The van der Waals surface area contributed by atoms with Crippen molar-refractivity contribution in [2.45, 2.75) is 13.5 Å². The molecule has 3 aromatic rings. The van der Waals surface area contributed by atoms with Crippen molar-refractivity contribution in [1.82, 2.24) is 20.4 Å². The number of aromatic nitrogens is 3. The number of nitrogens with zero attached hydrogens (tertiary/aromatic N) is 2. The minimum Gasteiger partial charge on any atom is -0.397 e. The number of benzene rings is 1. The van der Waals surface area contributed by atoms with E-state index in [-0.39, 0.29) is 12.5 Å². The summed E-state index contributed by atoms with van der Waals surface area (Å²) in [6.45, 7) is 1.90. The molecule has 0 unspecified atom stereocenters. The second-order valence-electron chi connectivity index (χ2n) is 4.41. The smallest absolute Gasteiger partial charge is 0.268 e. The van der Waals surface area contributed by atoms with Crippen molar-refractivity contribution in [2.24, 2.45) is 0 Å². The van der Waals surface area contributed by atoms with Crippen molar-refractivity contribution in [3.8, 4) is 0 Å². The molecular weight excluding hydrogens is 258 g/mol. The number of para-hydroxylation sites is 1. The lowest BCUT2D eigenvalue weighted by molar-refractivity contribution is 0.0945. The molecule has 102 valence electrons. The van der Waals surface area contributed by atoms with Gasteiger partial charge >= 0.3 is 0 Å². The first kappa shape index (κ1) is 12.2. The van der Waals surface area contributed by atoms with Crippen LogP contribution in [0.4, 0.5) is 5.69 Å². The molecule has 1 aromatic carbocycles. The van der Waals surface area contributed by atoms with Crippen molar-refractivity contribution in [3.63, 3.8) is 0 Å². The van der Waals surface area contributed by atoms with Crippen molar-refractivity contribution in [2.75, 3.05) is 5.73 Å². The Morgan fingerprint density at radius 3 is 3.05 bits per heavy atom. The minimum absolute atomic E-state index is 0.209. The van der Waals surface area contributed by atoms with E-state index in [4.69, 9.17) is 10.3 Å². The number of carbonyl (C=O) groups excluding carboxylic acids is 1. The third-order valence-electron chi connectivity index (χ3n) is 2.91. The number of H-pyrrole nitrogens is 1. The number of fused-ring (bicyclic) bond motifs is 1. The Hall–Kier alpha value is -2.83. The highest BCUT2D eigenvalue weighted by Gasteiger charge is 2.11. The molecule has 4 N–H and O–H groups in total. The molecule has 0 aliphatic carbocycles. The third kappa shape index (κ3) is 2.20. The second kappa shape index (κ2) is 4.69. The van der Waals surface area contributed by atoms with Gasteiger partial charge in [-0.3, -0.25) is 4.79 Å². The van der Waals surface area contributed by atoms with Gasteiger partial charge < -0.3 is 20.6 Å². The second-order valence-corrected chi connectivity index (χ2v) is 4.41. The maximum atomic E-state index is 12.0. The molecule has 0 saturated carbocycles. The average molecular weight is 271 g/mol. The van der Waals surface area contributed by atoms with Crippen molar-refractivity contribution in [3.05, 3.63) is 41.7 Å². The number of hydrogen-bond acceptors (Lipinski definition) is 5. The van der Waals surface area contributed by atoms with Crippen LogP contribution in [0.15, 0.2) is 28.8 Å². The van der Waals surface area contributed by atoms with Crippen LogP contribution in [0.1, 0.15) is 22.2 Å². The molecule has 0 aliphatic rings. The molecule has 2 aromatic heterocycles. The van der Waals surface area contributed by atoms with Crippen LogP contribution in [-0.2, 0) is 6.54 Å². The maximum Gasteiger partial charge on any atom is 0.268 e. The normalized spacial score (nSPS) is 10.8. The van der Waals surface area contributed by atoms with Gasteiger partial charge in [0.1, 0.15) is 5.69 Å². The van der Waals surface area contributed by atoms with Crippen LogP contribution in [0.5, 0.6) is 0 Å². The zero-order valence-corrected chi connectivity index (χ0v) is 10.8. The number of aromatic amines is 1. The van der Waals surface area contributed by atoms with Gasteiger partial charge in [-0.1, -0.05) is 17.3 Å². The molecule has 0 bridgehead atoms. The molecule has 0 fully saturated rings. The summed E-state index contributed by atoms with van der Waals surface area (Å²) < 4.78 is 4.83. The van der Waals surface area contributed by atoms with Crippen molar-refractivity contribution in [1.29, 1.82) is 0 Å². The number of nitrogen functional groups attached to an aromatic ring is 1. The molecule has 1 amide bonds. The van der Waals surface area contributed by atoms with E-state index in [0.29, 0.717) is 23.1 Å². The van der Waals surface area contributed by atoms with Crippen LogP contribution >= 0.6 is 0 Å². The Kier molecular flexibility index (Phi) is 2.86. The topological polar surface area (TPSA) is 110 Å². The number of hydrogen-bond donors (Lipinski definition) is 3. The lowest BCUT2D eigenvalue weighted by Gasteiger charge is -1.99. The highest BCUT2D eigenvalue weighted by Crippen LogP contribution is 2.20. The van der Waals surface area contributed by atoms with Gasteiger partial charge in [-0.2, -0.15) is 4.98 Å². The van der Waals surface area contributed by atoms with Crippen molar-refractivity contribution >= 4 is 22.5 Å². The molecule has 2 heterocycles. The van der Waals surface area contributed by atoms with Crippen molar-refractivity contribution < 1.29 is 9.32 Å². The number of aryl methyl sites for hydroxylation is 1. The van der Waals surface area contributed by atoms with E-state index in [1.54, 1.807) is 19.1 Å². The first-order valence-corrected chi connectivity index (χ1v) is 6.08. The Morgan fingerprint density at radius 2 is 2.35 bits per heavy atom. The maximum absolute atomic E-state index is 12.0. The molecule has 0 radical (unpaired) electrons. The molecule has 0 saturated heterocycles. The van der Waals surface area contributed by atoms with Gasteiger partial charge in [0.05, 0.1) is 17.7 Å². The lowest BCUT2D eigenvalue weighted by atomic mass is 10.2. The van der Waals surface area contributed by atoms with E-state index in [1.165, 1.54) is 0 Å². The van der Waals surface area contributed by atoms with Gasteiger partial charge in [0.15, 0.2) is 5.82 Å². The molecule has 0 atom stereocenters. The summed E-state index contributed by atoms with van der Waals surface area (Å²) in [6.07, 6.45) is 0. The summed E-state index contributed by atoms with van der Waals surface area (Å²) in [5.74, 6) is 0.655. The zero-order chi connectivity index (χ0) is 14.1. The van der Waals surface area contributed by atoms with Crippen LogP contribution in [0.2, 0.25) is 0 Å². The molecule has 7 nitrogen and oxygen atoms in total. The Balaban J connectivity index is 1.77. The first-order chi connectivity index (χ1) is 9.63. The van der Waals surface area contributed by atoms with E-state index in [2.05, 4.69) is 20.4 Å². The predicted molar refractivity (Wildman–Crippen MR) is 72.9 cm³/mol. The van der Waals surface area contributed by atoms with E-state index in [0.717, 1.165) is 10.9 Å². The number of anilines is 1. The van der Waals surface area contributed by atoms with Gasteiger partial charge in [-0.05, 0) is 12.1 Å². The van der Waals surface area contributed by atoms with Crippen LogP contribution in [0.3, 0.4) is 0 Å². The number of nitrogens with one attached hydrogen (secondary N) is 2.